The molecule has 1 unspecified atom stereocenters. The minimum absolute atomic E-state index is 0.501. The van der Waals surface area contributed by atoms with Crippen LogP contribution in [0, 0.1) is 0 Å². The predicted molar refractivity (Wildman–Crippen MR) is 53.3 cm³/mol. The molecule has 0 heterocycles. The second-order valence-electron chi connectivity index (χ2n) is 3.47. The zero-order valence-corrected chi connectivity index (χ0v) is 9.57. The molecule has 1 atom stereocenters. The van der Waals surface area contributed by atoms with Gasteiger partial charge in [0.15, 0.2) is 0 Å². The van der Waals surface area contributed by atoms with Crippen molar-refractivity contribution in [1.29, 1.82) is 0 Å². The summed E-state index contributed by atoms with van der Waals surface area (Å²) in [6.07, 6.45) is -5.84. The molecule has 7 nitrogen and oxygen atoms in total. The van der Waals surface area contributed by atoms with Gasteiger partial charge in [0.2, 0.25) is 5.91 Å². The van der Waals surface area contributed by atoms with E-state index in [9.17, 15) is 27.6 Å². The lowest BCUT2D eigenvalue weighted by Crippen LogP contribution is -2.42. The highest BCUT2D eigenvalue weighted by Gasteiger charge is 2.27. The van der Waals surface area contributed by atoms with E-state index in [0.717, 1.165) is 0 Å². The Hall–Kier alpha value is -1.84. The largest absolute Gasteiger partial charge is 0.481 e. The molecule has 10 heteroatoms. The molecule has 0 radical (unpaired) electrons. The van der Waals surface area contributed by atoms with Crippen LogP contribution in [0.2, 0.25) is 0 Å². The number of nitrogens with one attached hydrogen (secondary N) is 1. The molecule has 0 fully saturated rings. The Morgan fingerprint density at radius 2 is 1.79 bits per heavy atom. The van der Waals surface area contributed by atoms with Gasteiger partial charge in [-0.2, -0.15) is 13.2 Å². The zero-order valence-electron chi connectivity index (χ0n) is 9.57. The van der Waals surface area contributed by atoms with E-state index in [-0.39, 0.29) is 0 Å². The topological polar surface area (TPSA) is 113 Å². The first-order valence-electron chi connectivity index (χ1n) is 5.00. The summed E-state index contributed by atoms with van der Waals surface area (Å²) in [7, 11) is 0. The number of carboxylic acids is 2. The predicted octanol–water partition coefficient (Wildman–Crippen LogP) is -0.000500. The number of amides is 1. The van der Waals surface area contributed by atoms with Crippen molar-refractivity contribution < 1.29 is 42.5 Å². The number of halogens is 3. The molecule has 0 aliphatic carbocycles. The van der Waals surface area contributed by atoms with E-state index in [1.54, 1.807) is 0 Å². The minimum atomic E-state index is -4.51. The number of carboxylic acid groups (broad SMARTS) is 2. The summed E-state index contributed by atoms with van der Waals surface area (Å²) in [5.74, 6) is -3.89. The van der Waals surface area contributed by atoms with E-state index >= 15 is 0 Å². The molecule has 0 saturated heterocycles. The quantitative estimate of drug-likeness (QED) is 0.542. The summed E-state index contributed by atoms with van der Waals surface area (Å²) in [5.41, 5.74) is 0. The summed E-state index contributed by atoms with van der Waals surface area (Å²) in [6, 6.07) is -1.63. The lowest BCUT2D eigenvalue weighted by Gasteiger charge is -2.12. The van der Waals surface area contributed by atoms with Crippen LogP contribution in [0.25, 0.3) is 0 Å². The van der Waals surface area contributed by atoms with E-state index in [2.05, 4.69) is 4.74 Å². The zero-order chi connectivity index (χ0) is 15.1. The van der Waals surface area contributed by atoms with Crippen LogP contribution in [0.1, 0.15) is 12.8 Å². The Morgan fingerprint density at radius 1 is 1.21 bits per heavy atom. The maximum absolute atomic E-state index is 11.7. The molecule has 0 aliphatic rings. The van der Waals surface area contributed by atoms with Gasteiger partial charge in [0.1, 0.15) is 12.6 Å². The molecule has 0 aromatic heterocycles. The first kappa shape index (κ1) is 17.2. The highest BCUT2D eigenvalue weighted by molar-refractivity contribution is 5.86. The van der Waals surface area contributed by atoms with E-state index in [4.69, 9.17) is 10.2 Å². The average Bonchev–Trinajstić information content (AvgIpc) is 2.21. The summed E-state index contributed by atoms with van der Waals surface area (Å²) < 4.78 is 39.2. The van der Waals surface area contributed by atoms with Gasteiger partial charge < -0.3 is 20.3 Å². The Kier molecular flexibility index (Phi) is 6.83. The summed E-state index contributed by atoms with van der Waals surface area (Å²) in [5, 5.41) is 18.8. The highest BCUT2D eigenvalue weighted by atomic mass is 19.4. The van der Waals surface area contributed by atoms with Crippen LogP contribution in [-0.2, 0) is 19.1 Å². The maximum atomic E-state index is 11.7. The molecule has 1 amide bonds. The fourth-order valence-electron chi connectivity index (χ4n) is 0.994. The maximum Gasteiger partial charge on any atom is 0.411 e. The Bertz CT molecular complexity index is 343. The van der Waals surface area contributed by atoms with E-state index in [0.29, 0.717) is 0 Å². The minimum Gasteiger partial charge on any atom is -0.481 e. The number of aliphatic carboxylic acids is 2. The number of rotatable bonds is 8. The lowest BCUT2D eigenvalue weighted by molar-refractivity contribution is -0.174. The van der Waals surface area contributed by atoms with Crippen molar-refractivity contribution in [2.24, 2.45) is 0 Å². The van der Waals surface area contributed by atoms with Gasteiger partial charge in [-0.1, -0.05) is 0 Å². The monoisotopic (exact) mass is 287 g/mol. The second kappa shape index (κ2) is 7.56. The second-order valence-corrected chi connectivity index (χ2v) is 3.47. The molecule has 0 aliphatic heterocycles. The first-order valence-corrected chi connectivity index (χ1v) is 5.00. The van der Waals surface area contributed by atoms with E-state index in [1.807, 2.05) is 5.32 Å². The molecule has 0 rings (SSSR count). The SMILES string of the molecule is O=C(O)CC(NC(=O)CCOCC(F)(F)F)C(=O)O. The van der Waals surface area contributed by atoms with Gasteiger partial charge in [0, 0.05) is 6.42 Å². The fraction of sp³-hybridized carbons (Fsp3) is 0.667. The van der Waals surface area contributed by atoms with Crippen molar-refractivity contribution in [2.75, 3.05) is 13.2 Å². The fourth-order valence-corrected chi connectivity index (χ4v) is 0.994. The average molecular weight is 287 g/mol. The van der Waals surface area contributed by atoms with Gasteiger partial charge in [-0.3, -0.25) is 9.59 Å². The van der Waals surface area contributed by atoms with Crippen molar-refractivity contribution in [1.82, 2.24) is 5.32 Å². The van der Waals surface area contributed by atoms with E-state index in [1.165, 1.54) is 0 Å². The van der Waals surface area contributed by atoms with Crippen LogP contribution >= 0.6 is 0 Å². The molecule has 110 valence electrons. The van der Waals surface area contributed by atoms with Gasteiger partial charge in [-0.25, -0.2) is 4.79 Å². The Balaban J connectivity index is 4.00. The van der Waals surface area contributed by atoms with Crippen LogP contribution in [0.4, 0.5) is 13.2 Å². The van der Waals surface area contributed by atoms with Crippen LogP contribution in [0.15, 0.2) is 0 Å². The molecule has 0 saturated carbocycles. The normalized spacial score (nSPS) is 12.8. The lowest BCUT2D eigenvalue weighted by atomic mass is 10.2. The summed E-state index contributed by atoms with van der Waals surface area (Å²) in [6.45, 7) is -2.07. The van der Waals surface area contributed by atoms with Crippen molar-refractivity contribution in [2.45, 2.75) is 25.1 Å². The van der Waals surface area contributed by atoms with Crippen LogP contribution in [0.3, 0.4) is 0 Å². The first-order chi connectivity index (χ1) is 8.61. The third kappa shape index (κ3) is 9.83. The Labute approximate surface area is 105 Å². The summed E-state index contributed by atoms with van der Waals surface area (Å²) in [4.78, 5) is 32.0. The number of hydrogen-bond donors (Lipinski definition) is 3. The van der Waals surface area contributed by atoms with Gasteiger partial charge in [-0.15, -0.1) is 0 Å². The number of carbonyl (C=O) groups is 3. The van der Waals surface area contributed by atoms with Gasteiger partial charge in [-0.05, 0) is 0 Å². The molecular formula is C9H12F3NO6. The van der Waals surface area contributed by atoms with Crippen LogP contribution < -0.4 is 5.32 Å². The number of alkyl halides is 3. The number of hydrogen-bond acceptors (Lipinski definition) is 4. The molecule has 0 aromatic rings. The van der Waals surface area contributed by atoms with E-state index < -0.39 is 56.1 Å². The van der Waals surface area contributed by atoms with Crippen molar-refractivity contribution in [3.05, 3.63) is 0 Å². The Morgan fingerprint density at radius 3 is 2.21 bits per heavy atom. The number of ether oxygens (including phenoxy) is 1. The van der Waals surface area contributed by atoms with Crippen LogP contribution in [0.5, 0.6) is 0 Å². The van der Waals surface area contributed by atoms with Gasteiger partial charge >= 0.3 is 18.1 Å². The third-order valence-electron chi connectivity index (χ3n) is 1.75. The van der Waals surface area contributed by atoms with Crippen molar-refractivity contribution >= 4 is 17.8 Å². The summed E-state index contributed by atoms with van der Waals surface area (Å²) >= 11 is 0. The molecule has 3 N–H and O–H groups in total. The molecule has 0 aromatic carbocycles. The third-order valence-corrected chi connectivity index (χ3v) is 1.75. The number of carbonyl (C=O) groups excluding carboxylic acids is 1. The molecule has 19 heavy (non-hydrogen) atoms. The van der Waals surface area contributed by atoms with Crippen LogP contribution in [-0.4, -0.2) is 53.5 Å². The highest BCUT2D eigenvalue weighted by Crippen LogP contribution is 2.14. The molecule has 0 bridgehead atoms. The van der Waals surface area contributed by atoms with Gasteiger partial charge in [0.05, 0.1) is 13.0 Å². The molecule has 0 spiro atoms. The van der Waals surface area contributed by atoms with Crippen molar-refractivity contribution in [3.8, 4) is 0 Å². The smallest absolute Gasteiger partial charge is 0.411 e. The standard InChI is InChI=1S/C9H12F3NO6/c10-9(11,12)4-19-2-1-6(14)13-5(8(17)18)3-7(15)16/h5H,1-4H2,(H,13,14)(H,15,16)(H,17,18). The van der Waals surface area contributed by atoms with Gasteiger partial charge in [0.25, 0.3) is 0 Å². The molecular weight excluding hydrogens is 275 g/mol. The van der Waals surface area contributed by atoms with Crippen molar-refractivity contribution in [3.63, 3.8) is 0 Å².